The monoisotopic (exact) mass is 342 g/mol. The van der Waals surface area contributed by atoms with Crippen molar-refractivity contribution >= 4 is 17.7 Å². The van der Waals surface area contributed by atoms with E-state index in [1.54, 1.807) is 6.08 Å². The van der Waals surface area contributed by atoms with E-state index in [0.29, 0.717) is 25.0 Å². The van der Waals surface area contributed by atoms with Gasteiger partial charge in [0, 0.05) is 12.7 Å². The number of ether oxygens (including phenoxy) is 2. The number of carbonyl (C=O) groups is 1. The molecule has 1 aromatic carbocycles. The van der Waals surface area contributed by atoms with Gasteiger partial charge in [-0.25, -0.2) is 5.43 Å². The molecule has 0 atom stereocenters. The molecule has 24 heavy (non-hydrogen) atoms. The normalized spacial score (nSPS) is 15.8. The van der Waals surface area contributed by atoms with Crippen molar-refractivity contribution < 1.29 is 27.4 Å². The van der Waals surface area contributed by atoms with E-state index in [9.17, 15) is 18.0 Å². The lowest BCUT2D eigenvalue weighted by Gasteiger charge is -2.19. The van der Waals surface area contributed by atoms with E-state index < -0.39 is 11.7 Å². The van der Waals surface area contributed by atoms with Gasteiger partial charge in [-0.15, -0.1) is 0 Å². The second-order valence-corrected chi connectivity index (χ2v) is 5.07. The first-order valence-electron chi connectivity index (χ1n) is 7.20. The number of nitrogens with zero attached hydrogens (tertiary/aromatic N) is 1. The number of carbonyl (C=O) groups excluding carboxylic acids is 1. The third kappa shape index (κ3) is 4.42. The fraction of sp³-hybridized carbons (Fsp3) is 0.375. The Balaban J connectivity index is 2.49. The zero-order valence-electron chi connectivity index (χ0n) is 13.0. The average molecular weight is 342 g/mol. The summed E-state index contributed by atoms with van der Waals surface area (Å²) < 4.78 is 50.6. The molecule has 1 N–H and O–H groups in total. The predicted octanol–water partition coefficient (Wildman–Crippen LogP) is 2.61. The molecule has 0 spiro atoms. The highest BCUT2D eigenvalue weighted by molar-refractivity contribution is 6.02. The highest BCUT2D eigenvalue weighted by atomic mass is 19.4. The van der Waals surface area contributed by atoms with Crippen LogP contribution in [0.1, 0.15) is 23.1 Å². The number of nitrogens with one attached hydrogen (secondary N) is 1. The maximum Gasteiger partial charge on any atom is 0.417 e. The van der Waals surface area contributed by atoms with Crippen molar-refractivity contribution in [2.45, 2.75) is 12.6 Å². The van der Waals surface area contributed by atoms with Gasteiger partial charge in [0.25, 0.3) is 0 Å². The van der Waals surface area contributed by atoms with Crippen molar-refractivity contribution in [3.05, 3.63) is 41.0 Å². The van der Waals surface area contributed by atoms with Crippen molar-refractivity contribution in [1.29, 1.82) is 0 Å². The minimum atomic E-state index is -4.53. The molecule has 0 saturated heterocycles. The Bertz CT molecular complexity index is 654. The van der Waals surface area contributed by atoms with Gasteiger partial charge in [0.2, 0.25) is 6.41 Å². The Morgan fingerprint density at radius 1 is 1.46 bits per heavy atom. The summed E-state index contributed by atoms with van der Waals surface area (Å²) in [6.07, 6.45) is -1.86. The molecule has 0 bridgehead atoms. The lowest BCUT2D eigenvalue weighted by Crippen LogP contribution is -2.18. The van der Waals surface area contributed by atoms with Gasteiger partial charge in [0.1, 0.15) is 0 Å². The molecule has 0 radical (unpaired) electrons. The fourth-order valence-electron chi connectivity index (χ4n) is 2.40. The van der Waals surface area contributed by atoms with E-state index in [2.05, 4.69) is 10.5 Å². The van der Waals surface area contributed by atoms with Gasteiger partial charge >= 0.3 is 6.18 Å². The van der Waals surface area contributed by atoms with Crippen LogP contribution in [0.15, 0.2) is 29.4 Å². The summed E-state index contributed by atoms with van der Waals surface area (Å²) >= 11 is 0. The second-order valence-electron chi connectivity index (χ2n) is 5.07. The van der Waals surface area contributed by atoms with E-state index in [-0.39, 0.29) is 30.1 Å². The molecule has 1 aromatic rings. The van der Waals surface area contributed by atoms with Crippen LogP contribution in [-0.4, -0.2) is 39.1 Å². The quantitative estimate of drug-likeness (QED) is 0.491. The topological polar surface area (TPSA) is 59.9 Å². The van der Waals surface area contributed by atoms with Crippen molar-refractivity contribution in [2.24, 2.45) is 5.10 Å². The van der Waals surface area contributed by atoms with E-state index in [1.165, 1.54) is 19.2 Å². The Labute approximate surface area is 137 Å². The van der Waals surface area contributed by atoms with Crippen LogP contribution < -0.4 is 5.43 Å². The highest BCUT2D eigenvalue weighted by Gasteiger charge is 2.35. The first-order chi connectivity index (χ1) is 11.5. The number of hydrazone groups is 1. The number of halogens is 3. The number of alkyl halides is 3. The zero-order valence-corrected chi connectivity index (χ0v) is 13.0. The molecule has 1 amide bonds. The average Bonchev–Trinajstić information content (AvgIpc) is 2.58. The maximum absolute atomic E-state index is 13.5. The van der Waals surface area contributed by atoms with Gasteiger partial charge in [-0.05, 0) is 23.6 Å². The van der Waals surface area contributed by atoms with Gasteiger partial charge in [-0.3, -0.25) is 4.79 Å². The molecular weight excluding hydrogens is 325 g/mol. The van der Waals surface area contributed by atoms with Gasteiger partial charge in [0.15, 0.2) is 0 Å². The van der Waals surface area contributed by atoms with Gasteiger partial charge in [0.05, 0.1) is 31.1 Å². The van der Waals surface area contributed by atoms with Crippen LogP contribution >= 0.6 is 0 Å². The zero-order chi connectivity index (χ0) is 17.6. The number of amides is 1. The minimum Gasteiger partial charge on any atom is -0.378 e. The molecule has 8 heteroatoms. The second kappa shape index (κ2) is 8.07. The Hall–Kier alpha value is -2.19. The Kier molecular flexibility index (Phi) is 6.10. The molecular formula is C16H17F3N2O3. The Morgan fingerprint density at radius 3 is 2.83 bits per heavy atom. The number of hydrogen-bond acceptors (Lipinski definition) is 4. The largest absolute Gasteiger partial charge is 0.417 e. The van der Waals surface area contributed by atoms with E-state index in [1.807, 2.05) is 0 Å². The Morgan fingerprint density at radius 2 is 2.25 bits per heavy atom. The summed E-state index contributed by atoms with van der Waals surface area (Å²) in [5.41, 5.74) is 2.32. The molecule has 0 aromatic heterocycles. The summed E-state index contributed by atoms with van der Waals surface area (Å²) in [5.74, 6) is 0. The maximum atomic E-state index is 13.5. The van der Waals surface area contributed by atoms with E-state index in [0.717, 1.165) is 6.07 Å². The number of benzene rings is 1. The van der Waals surface area contributed by atoms with Gasteiger partial charge in [-0.2, -0.15) is 18.3 Å². The van der Waals surface area contributed by atoms with Crippen LogP contribution in [-0.2, 0) is 20.4 Å². The SMILES string of the molecule is COC/C(=N\NC=O)c1ccc(C2=CCCOC2)c(C(F)(F)F)c1. The first-order valence-corrected chi connectivity index (χ1v) is 7.20. The molecule has 130 valence electrons. The molecule has 0 fully saturated rings. The van der Waals surface area contributed by atoms with Crippen molar-refractivity contribution in [3.8, 4) is 0 Å². The van der Waals surface area contributed by atoms with Crippen LogP contribution in [0.25, 0.3) is 5.57 Å². The van der Waals surface area contributed by atoms with Crippen LogP contribution in [0, 0.1) is 0 Å². The van der Waals surface area contributed by atoms with Crippen LogP contribution in [0.2, 0.25) is 0 Å². The van der Waals surface area contributed by atoms with Crippen molar-refractivity contribution in [3.63, 3.8) is 0 Å². The first kappa shape index (κ1) is 18.2. The molecule has 0 saturated carbocycles. The van der Waals surface area contributed by atoms with Crippen LogP contribution in [0.3, 0.4) is 0 Å². The van der Waals surface area contributed by atoms with Crippen LogP contribution in [0.4, 0.5) is 13.2 Å². The fourth-order valence-corrected chi connectivity index (χ4v) is 2.40. The highest BCUT2D eigenvalue weighted by Crippen LogP contribution is 2.36. The summed E-state index contributed by atoms with van der Waals surface area (Å²) in [6, 6.07) is 3.92. The summed E-state index contributed by atoms with van der Waals surface area (Å²) in [7, 11) is 1.39. The number of rotatable bonds is 6. The molecule has 1 heterocycles. The third-order valence-corrected chi connectivity index (χ3v) is 3.45. The van der Waals surface area contributed by atoms with E-state index >= 15 is 0 Å². The molecule has 0 unspecified atom stereocenters. The molecule has 2 rings (SSSR count). The molecule has 1 aliphatic heterocycles. The van der Waals surface area contributed by atoms with E-state index in [4.69, 9.17) is 9.47 Å². The van der Waals surface area contributed by atoms with Gasteiger partial charge < -0.3 is 9.47 Å². The number of hydrogen-bond donors (Lipinski definition) is 1. The van der Waals surface area contributed by atoms with Crippen molar-refractivity contribution in [2.75, 3.05) is 26.9 Å². The lowest BCUT2D eigenvalue weighted by atomic mass is 9.94. The smallest absolute Gasteiger partial charge is 0.378 e. The summed E-state index contributed by atoms with van der Waals surface area (Å²) in [5, 5.41) is 3.73. The minimum absolute atomic E-state index is 0.0384. The standard InChI is InChI=1S/C16H17F3N2O3/c1-23-9-15(21-20-10-22)11-4-5-13(12-3-2-6-24-8-12)14(7-11)16(17,18)19/h3-5,7,10H,2,6,8-9H2,1H3,(H,20,22)/b21-15+. The van der Waals surface area contributed by atoms with Crippen molar-refractivity contribution in [1.82, 2.24) is 5.43 Å². The summed E-state index contributed by atoms with van der Waals surface area (Å²) in [6.45, 7) is 0.613. The molecule has 1 aliphatic rings. The third-order valence-electron chi connectivity index (χ3n) is 3.45. The molecule has 0 aliphatic carbocycles. The van der Waals surface area contributed by atoms with Crippen LogP contribution in [0.5, 0.6) is 0 Å². The molecule has 5 nitrogen and oxygen atoms in total. The number of methoxy groups -OCH3 is 1. The summed E-state index contributed by atoms with van der Waals surface area (Å²) in [4.78, 5) is 10.4. The lowest BCUT2D eigenvalue weighted by molar-refractivity contribution is -0.137. The van der Waals surface area contributed by atoms with Gasteiger partial charge in [-0.1, -0.05) is 18.2 Å². The predicted molar refractivity (Wildman–Crippen MR) is 82.5 cm³/mol.